The Balaban J connectivity index is 1.67. The summed E-state index contributed by atoms with van der Waals surface area (Å²) in [5, 5.41) is 2.85. The molecule has 1 amide bonds. The summed E-state index contributed by atoms with van der Waals surface area (Å²) >= 11 is 7.30. The van der Waals surface area contributed by atoms with Crippen molar-refractivity contribution < 1.29 is 14.3 Å². The Kier molecular flexibility index (Phi) is 3.80. The van der Waals surface area contributed by atoms with Crippen molar-refractivity contribution in [3.63, 3.8) is 0 Å². The van der Waals surface area contributed by atoms with Gasteiger partial charge in [0.15, 0.2) is 11.5 Å². The van der Waals surface area contributed by atoms with E-state index in [-0.39, 0.29) is 5.91 Å². The molecule has 2 heterocycles. The summed E-state index contributed by atoms with van der Waals surface area (Å²) in [6.07, 6.45) is 0. The molecule has 1 N–H and O–H groups in total. The highest BCUT2D eigenvalue weighted by molar-refractivity contribution is 7.16. The monoisotopic (exact) mass is 309 g/mol. The molecule has 0 saturated carbocycles. The van der Waals surface area contributed by atoms with Crippen LogP contribution >= 0.6 is 22.9 Å². The van der Waals surface area contributed by atoms with E-state index in [2.05, 4.69) is 5.32 Å². The fraction of sp³-hybridized carbons (Fsp3) is 0.214. The number of rotatable bonds is 3. The molecule has 1 aliphatic heterocycles. The summed E-state index contributed by atoms with van der Waals surface area (Å²) < 4.78 is 11.6. The maximum atomic E-state index is 12.1. The van der Waals surface area contributed by atoms with E-state index in [4.69, 9.17) is 21.1 Å². The van der Waals surface area contributed by atoms with Crippen molar-refractivity contribution >= 4 is 28.8 Å². The zero-order chi connectivity index (χ0) is 13.9. The zero-order valence-corrected chi connectivity index (χ0v) is 12.1. The Labute approximate surface area is 125 Å². The Morgan fingerprint density at radius 2 is 2.00 bits per heavy atom. The first-order chi connectivity index (χ1) is 9.72. The van der Waals surface area contributed by atoms with Gasteiger partial charge in [-0.2, -0.15) is 0 Å². The smallest absolute Gasteiger partial charge is 0.251 e. The predicted octanol–water partition coefficient (Wildman–Crippen LogP) is 3.10. The number of benzene rings is 1. The van der Waals surface area contributed by atoms with Gasteiger partial charge >= 0.3 is 0 Å². The van der Waals surface area contributed by atoms with E-state index in [1.165, 1.54) is 11.3 Å². The van der Waals surface area contributed by atoms with E-state index in [0.717, 1.165) is 4.88 Å². The quantitative estimate of drug-likeness (QED) is 0.947. The number of halogens is 1. The summed E-state index contributed by atoms with van der Waals surface area (Å²) in [6.45, 7) is 1.51. The van der Waals surface area contributed by atoms with Crippen molar-refractivity contribution in [1.29, 1.82) is 0 Å². The van der Waals surface area contributed by atoms with Gasteiger partial charge in [0.25, 0.3) is 5.91 Å². The molecule has 0 spiro atoms. The molecular formula is C14H12ClNO3S. The van der Waals surface area contributed by atoms with Crippen LogP contribution in [0, 0.1) is 0 Å². The largest absolute Gasteiger partial charge is 0.486 e. The van der Waals surface area contributed by atoms with Gasteiger partial charge in [-0.05, 0) is 30.3 Å². The molecule has 1 aromatic heterocycles. The molecule has 20 heavy (non-hydrogen) atoms. The molecule has 1 aromatic carbocycles. The lowest BCUT2D eigenvalue weighted by Gasteiger charge is -2.18. The van der Waals surface area contributed by atoms with Crippen LogP contribution in [0.15, 0.2) is 30.3 Å². The fourth-order valence-corrected chi connectivity index (χ4v) is 2.93. The number of thiophene rings is 1. The molecule has 0 atom stereocenters. The van der Waals surface area contributed by atoms with Gasteiger partial charge in [0.1, 0.15) is 13.2 Å². The zero-order valence-electron chi connectivity index (χ0n) is 10.5. The van der Waals surface area contributed by atoms with Crippen molar-refractivity contribution in [3.05, 3.63) is 45.1 Å². The molecule has 0 fully saturated rings. The maximum absolute atomic E-state index is 12.1. The van der Waals surface area contributed by atoms with E-state index >= 15 is 0 Å². The summed E-state index contributed by atoms with van der Waals surface area (Å²) in [5.41, 5.74) is 0.553. The van der Waals surface area contributed by atoms with Crippen molar-refractivity contribution in [2.75, 3.05) is 13.2 Å². The first kappa shape index (κ1) is 13.3. The van der Waals surface area contributed by atoms with Crippen LogP contribution in [0.2, 0.25) is 4.34 Å². The van der Waals surface area contributed by atoms with Gasteiger partial charge in [-0.1, -0.05) is 11.6 Å². The van der Waals surface area contributed by atoms with Gasteiger partial charge in [-0.15, -0.1) is 11.3 Å². The van der Waals surface area contributed by atoms with Crippen molar-refractivity contribution in [1.82, 2.24) is 5.32 Å². The molecule has 104 valence electrons. The molecule has 0 bridgehead atoms. The van der Waals surface area contributed by atoms with Gasteiger partial charge in [-0.25, -0.2) is 0 Å². The first-order valence-electron chi connectivity index (χ1n) is 6.14. The molecule has 0 aliphatic carbocycles. The standard InChI is InChI=1S/C14H12ClNO3S/c15-13-4-2-10(20-13)8-16-14(17)9-1-3-11-12(7-9)19-6-5-18-11/h1-4,7H,5-6,8H2,(H,16,17). The van der Waals surface area contributed by atoms with Crippen LogP contribution in [0.1, 0.15) is 15.2 Å². The average Bonchev–Trinajstić information content (AvgIpc) is 2.90. The van der Waals surface area contributed by atoms with Gasteiger partial charge < -0.3 is 14.8 Å². The number of carbonyl (C=O) groups is 1. The SMILES string of the molecule is O=C(NCc1ccc(Cl)s1)c1ccc2c(c1)OCCO2. The molecule has 1 aliphatic rings. The third kappa shape index (κ3) is 2.89. The fourth-order valence-electron chi connectivity index (χ4n) is 1.90. The minimum absolute atomic E-state index is 0.147. The third-order valence-corrected chi connectivity index (χ3v) is 4.09. The summed E-state index contributed by atoms with van der Waals surface area (Å²) in [4.78, 5) is 13.1. The third-order valence-electron chi connectivity index (χ3n) is 2.86. The van der Waals surface area contributed by atoms with Crippen molar-refractivity contribution in [2.45, 2.75) is 6.54 Å². The number of hydrogen-bond donors (Lipinski definition) is 1. The molecule has 3 rings (SSSR count). The van der Waals surface area contributed by atoms with Gasteiger partial charge in [-0.3, -0.25) is 4.79 Å². The van der Waals surface area contributed by atoms with E-state index in [0.29, 0.717) is 41.2 Å². The lowest BCUT2D eigenvalue weighted by Crippen LogP contribution is -2.23. The minimum Gasteiger partial charge on any atom is -0.486 e. The van der Waals surface area contributed by atoms with E-state index in [1.807, 2.05) is 12.1 Å². The Morgan fingerprint density at radius 1 is 1.20 bits per heavy atom. The highest BCUT2D eigenvalue weighted by Gasteiger charge is 2.14. The second-order valence-electron chi connectivity index (χ2n) is 4.25. The Hall–Kier alpha value is -1.72. The normalized spacial score (nSPS) is 13.1. The van der Waals surface area contributed by atoms with Crippen LogP contribution in [0.25, 0.3) is 0 Å². The van der Waals surface area contributed by atoms with E-state index in [1.54, 1.807) is 18.2 Å². The van der Waals surface area contributed by atoms with Gasteiger partial charge in [0.2, 0.25) is 0 Å². The molecule has 6 heteroatoms. The molecule has 0 saturated heterocycles. The lowest BCUT2D eigenvalue weighted by atomic mass is 10.2. The van der Waals surface area contributed by atoms with Crippen LogP contribution in [0.5, 0.6) is 11.5 Å². The van der Waals surface area contributed by atoms with Crippen LogP contribution in [-0.4, -0.2) is 19.1 Å². The number of ether oxygens (including phenoxy) is 2. The van der Waals surface area contributed by atoms with Gasteiger partial charge in [0, 0.05) is 10.4 Å². The lowest BCUT2D eigenvalue weighted by molar-refractivity contribution is 0.0950. The number of amides is 1. The molecule has 0 unspecified atom stereocenters. The van der Waals surface area contributed by atoms with Crippen LogP contribution < -0.4 is 14.8 Å². The van der Waals surface area contributed by atoms with E-state index < -0.39 is 0 Å². The summed E-state index contributed by atoms with van der Waals surface area (Å²) in [6, 6.07) is 8.90. The van der Waals surface area contributed by atoms with Crippen molar-refractivity contribution in [3.8, 4) is 11.5 Å². The topological polar surface area (TPSA) is 47.6 Å². The van der Waals surface area contributed by atoms with Crippen molar-refractivity contribution in [2.24, 2.45) is 0 Å². The van der Waals surface area contributed by atoms with Gasteiger partial charge in [0.05, 0.1) is 10.9 Å². The minimum atomic E-state index is -0.147. The number of fused-ring (bicyclic) bond motifs is 1. The molecule has 0 radical (unpaired) electrons. The number of nitrogens with one attached hydrogen (secondary N) is 1. The predicted molar refractivity (Wildman–Crippen MR) is 77.9 cm³/mol. The second kappa shape index (κ2) is 5.73. The van der Waals surface area contributed by atoms with Crippen LogP contribution in [0.3, 0.4) is 0 Å². The molecule has 2 aromatic rings. The number of hydrogen-bond acceptors (Lipinski definition) is 4. The highest BCUT2D eigenvalue weighted by Crippen LogP contribution is 2.30. The first-order valence-corrected chi connectivity index (χ1v) is 7.34. The molecule has 4 nitrogen and oxygen atoms in total. The Morgan fingerprint density at radius 3 is 2.75 bits per heavy atom. The highest BCUT2D eigenvalue weighted by atomic mass is 35.5. The number of carbonyl (C=O) groups excluding carboxylic acids is 1. The molecular weight excluding hydrogens is 298 g/mol. The van der Waals surface area contributed by atoms with Crippen LogP contribution in [0.4, 0.5) is 0 Å². The average molecular weight is 310 g/mol. The summed E-state index contributed by atoms with van der Waals surface area (Å²) in [5.74, 6) is 1.15. The summed E-state index contributed by atoms with van der Waals surface area (Å²) in [7, 11) is 0. The second-order valence-corrected chi connectivity index (χ2v) is 6.05. The van der Waals surface area contributed by atoms with E-state index in [9.17, 15) is 4.79 Å². The maximum Gasteiger partial charge on any atom is 0.251 e. The Bertz CT molecular complexity index is 641. The van der Waals surface area contributed by atoms with Crippen LogP contribution in [-0.2, 0) is 6.54 Å².